The number of aliphatic hydroxyl groups excluding tert-OH is 1. The number of halogens is 1. The third-order valence-corrected chi connectivity index (χ3v) is 4.93. The van der Waals surface area contributed by atoms with Crippen molar-refractivity contribution in [2.75, 3.05) is 45.9 Å². The number of rotatable bonds is 9. The number of nitrogens with zero attached hydrogens (tertiary/aromatic N) is 2. The van der Waals surface area contributed by atoms with Crippen LogP contribution in [0.1, 0.15) is 44.6 Å². The summed E-state index contributed by atoms with van der Waals surface area (Å²) in [5.74, 6) is 1.46. The van der Waals surface area contributed by atoms with Crippen LogP contribution in [0.4, 0.5) is 0 Å². The van der Waals surface area contributed by atoms with E-state index in [2.05, 4.69) is 41.5 Å². The van der Waals surface area contributed by atoms with E-state index in [0.717, 1.165) is 31.2 Å². The van der Waals surface area contributed by atoms with Gasteiger partial charge in [-0.05, 0) is 44.3 Å². The first-order chi connectivity index (χ1) is 12.7. The number of benzene rings is 1. The van der Waals surface area contributed by atoms with Gasteiger partial charge in [0.15, 0.2) is 5.96 Å². The number of likely N-dealkylation sites (tertiary alicyclic amines) is 1. The average molecular weight is 488 g/mol. The van der Waals surface area contributed by atoms with Crippen LogP contribution < -0.4 is 10.6 Å². The van der Waals surface area contributed by atoms with Crippen molar-refractivity contribution >= 4 is 29.9 Å². The lowest BCUT2D eigenvalue weighted by Gasteiger charge is -2.28. The molecule has 0 radical (unpaired) electrons. The van der Waals surface area contributed by atoms with E-state index in [9.17, 15) is 5.11 Å². The van der Waals surface area contributed by atoms with Gasteiger partial charge in [-0.2, -0.15) is 0 Å². The normalized spacial score (nSPS) is 17.7. The van der Waals surface area contributed by atoms with Crippen LogP contribution >= 0.6 is 24.0 Å². The Morgan fingerprint density at radius 2 is 1.85 bits per heavy atom. The zero-order chi connectivity index (χ0) is 18.6. The molecular weight excluding hydrogens is 451 g/mol. The molecule has 1 heterocycles. The van der Waals surface area contributed by atoms with Gasteiger partial charge in [-0.1, -0.05) is 43.7 Å². The Morgan fingerprint density at radius 1 is 1.15 bits per heavy atom. The van der Waals surface area contributed by atoms with Gasteiger partial charge >= 0.3 is 0 Å². The lowest BCUT2D eigenvalue weighted by atomic mass is 10.0. The largest absolute Gasteiger partial charge is 0.396 e. The van der Waals surface area contributed by atoms with Crippen LogP contribution in [0.2, 0.25) is 0 Å². The zero-order valence-electron chi connectivity index (χ0n) is 16.9. The third kappa shape index (κ3) is 9.25. The maximum absolute atomic E-state index is 9.72. The van der Waals surface area contributed by atoms with Gasteiger partial charge in [0.25, 0.3) is 0 Å². The number of piperidine rings is 1. The molecule has 6 heteroatoms. The summed E-state index contributed by atoms with van der Waals surface area (Å²) in [6.45, 7) is 10.4. The van der Waals surface area contributed by atoms with Crippen molar-refractivity contribution in [2.24, 2.45) is 10.9 Å². The molecule has 0 saturated carbocycles. The summed E-state index contributed by atoms with van der Waals surface area (Å²) in [6, 6.07) is 10.2. The highest BCUT2D eigenvalue weighted by Crippen LogP contribution is 2.14. The van der Waals surface area contributed by atoms with Gasteiger partial charge in [-0.25, -0.2) is 0 Å². The van der Waals surface area contributed by atoms with E-state index in [1.54, 1.807) is 0 Å². The van der Waals surface area contributed by atoms with Gasteiger partial charge in [0.05, 0.1) is 6.61 Å². The maximum Gasteiger partial charge on any atom is 0.191 e. The van der Waals surface area contributed by atoms with Gasteiger partial charge in [0, 0.05) is 32.1 Å². The summed E-state index contributed by atoms with van der Waals surface area (Å²) >= 11 is 0. The fraction of sp³-hybridized carbons (Fsp3) is 0.667. The molecule has 2 atom stereocenters. The lowest BCUT2D eigenvalue weighted by Crippen LogP contribution is -2.40. The first kappa shape index (κ1) is 24.2. The standard InChI is InChI=1S/C21H36N4O.HI/c1-3-22-21(23-14-18(2)16-25-12-8-5-9-13-25)24-15-20(17-26)19-10-6-4-7-11-19;/h4,6-7,10-11,18,20,26H,3,5,8-9,12-17H2,1-2H3,(H2,22,23,24);1H. The molecule has 1 aliphatic rings. The predicted octanol–water partition coefficient (Wildman–Crippen LogP) is 3.06. The minimum atomic E-state index is 0. The van der Waals surface area contributed by atoms with Crippen molar-refractivity contribution in [3.8, 4) is 0 Å². The van der Waals surface area contributed by atoms with Crippen molar-refractivity contribution in [1.82, 2.24) is 15.5 Å². The van der Waals surface area contributed by atoms with Crippen LogP contribution in [0.5, 0.6) is 0 Å². The molecule has 1 saturated heterocycles. The molecule has 1 aliphatic heterocycles. The Morgan fingerprint density at radius 3 is 2.48 bits per heavy atom. The van der Waals surface area contributed by atoms with E-state index in [1.165, 1.54) is 32.4 Å². The fourth-order valence-corrected chi connectivity index (χ4v) is 3.46. The average Bonchev–Trinajstić information content (AvgIpc) is 2.68. The van der Waals surface area contributed by atoms with Crippen molar-refractivity contribution in [2.45, 2.75) is 39.0 Å². The second kappa shape index (κ2) is 14.2. The molecule has 27 heavy (non-hydrogen) atoms. The van der Waals surface area contributed by atoms with Crippen LogP contribution in [0.3, 0.4) is 0 Å². The molecule has 1 aromatic rings. The van der Waals surface area contributed by atoms with E-state index < -0.39 is 0 Å². The van der Waals surface area contributed by atoms with Crippen LogP contribution in [0.15, 0.2) is 35.3 Å². The first-order valence-electron chi connectivity index (χ1n) is 10.1. The molecule has 1 fully saturated rings. The van der Waals surface area contributed by atoms with Crippen LogP contribution in [0, 0.1) is 5.92 Å². The molecule has 0 aliphatic carbocycles. The highest BCUT2D eigenvalue weighted by Gasteiger charge is 2.14. The number of hydrogen-bond acceptors (Lipinski definition) is 3. The molecule has 3 N–H and O–H groups in total. The van der Waals surface area contributed by atoms with Gasteiger partial charge < -0.3 is 20.6 Å². The van der Waals surface area contributed by atoms with Crippen LogP contribution in [-0.2, 0) is 0 Å². The van der Waals surface area contributed by atoms with Crippen molar-refractivity contribution in [1.29, 1.82) is 0 Å². The summed E-state index contributed by atoms with van der Waals surface area (Å²) in [4.78, 5) is 7.34. The van der Waals surface area contributed by atoms with E-state index in [1.807, 2.05) is 18.2 Å². The van der Waals surface area contributed by atoms with Gasteiger partial charge in [-0.3, -0.25) is 4.99 Å². The first-order valence-corrected chi connectivity index (χ1v) is 10.1. The van der Waals surface area contributed by atoms with Crippen LogP contribution in [-0.4, -0.2) is 61.8 Å². The molecule has 2 rings (SSSR count). The number of nitrogens with one attached hydrogen (secondary N) is 2. The molecule has 5 nitrogen and oxygen atoms in total. The molecule has 154 valence electrons. The van der Waals surface area contributed by atoms with E-state index in [0.29, 0.717) is 12.5 Å². The highest BCUT2D eigenvalue weighted by molar-refractivity contribution is 14.0. The number of guanidine groups is 1. The predicted molar refractivity (Wildman–Crippen MR) is 125 cm³/mol. The Kier molecular flexibility index (Phi) is 12.7. The topological polar surface area (TPSA) is 59.9 Å². The van der Waals surface area contributed by atoms with Gasteiger partial charge in [0.1, 0.15) is 0 Å². The second-order valence-electron chi connectivity index (χ2n) is 7.36. The molecule has 0 amide bonds. The molecule has 2 unspecified atom stereocenters. The van der Waals surface area contributed by atoms with Gasteiger partial charge in [0.2, 0.25) is 0 Å². The molecular formula is C21H37IN4O. The monoisotopic (exact) mass is 488 g/mol. The zero-order valence-corrected chi connectivity index (χ0v) is 19.2. The van der Waals surface area contributed by atoms with Crippen molar-refractivity contribution in [3.63, 3.8) is 0 Å². The summed E-state index contributed by atoms with van der Waals surface area (Å²) in [6.07, 6.45) is 4.05. The third-order valence-electron chi connectivity index (χ3n) is 4.93. The Hall–Kier alpha value is -0.860. The minimum Gasteiger partial charge on any atom is -0.396 e. The fourth-order valence-electron chi connectivity index (χ4n) is 3.46. The van der Waals surface area contributed by atoms with Crippen LogP contribution in [0.25, 0.3) is 0 Å². The van der Waals surface area contributed by atoms with E-state index >= 15 is 0 Å². The number of aliphatic imine (C=N–C) groups is 1. The summed E-state index contributed by atoms with van der Waals surface area (Å²) in [5, 5.41) is 16.4. The molecule has 0 spiro atoms. The molecule has 0 aromatic heterocycles. The van der Waals surface area contributed by atoms with Crippen molar-refractivity contribution in [3.05, 3.63) is 35.9 Å². The Balaban J connectivity index is 0.00000364. The minimum absolute atomic E-state index is 0. The molecule has 1 aromatic carbocycles. The van der Waals surface area contributed by atoms with E-state index in [-0.39, 0.29) is 36.5 Å². The van der Waals surface area contributed by atoms with Crippen molar-refractivity contribution < 1.29 is 5.11 Å². The maximum atomic E-state index is 9.72. The van der Waals surface area contributed by atoms with Gasteiger partial charge in [-0.15, -0.1) is 24.0 Å². The summed E-state index contributed by atoms with van der Waals surface area (Å²) in [5.41, 5.74) is 1.15. The summed E-state index contributed by atoms with van der Waals surface area (Å²) < 4.78 is 0. The molecule has 0 bridgehead atoms. The quantitative estimate of drug-likeness (QED) is 0.284. The number of aliphatic hydroxyl groups is 1. The van der Waals surface area contributed by atoms with E-state index in [4.69, 9.17) is 4.99 Å². The Labute approximate surface area is 182 Å². The highest BCUT2D eigenvalue weighted by atomic mass is 127. The second-order valence-corrected chi connectivity index (χ2v) is 7.36. The SMILES string of the molecule is CCNC(=NCC(C)CN1CCCCC1)NCC(CO)c1ccccc1.I. The Bertz CT molecular complexity index is 520. The number of hydrogen-bond donors (Lipinski definition) is 3. The summed E-state index contributed by atoms with van der Waals surface area (Å²) in [7, 11) is 0. The smallest absolute Gasteiger partial charge is 0.191 e. The lowest BCUT2D eigenvalue weighted by molar-refractivity contribution is 0.203.